The maximum absolute atomic E-state index is 12.6. The quantitative estimate of drug-likeness (QED) is 0.839. The summed E-state index contributed by atoms with van der Waals surface area (Å²) in [4.78, 5) is 14.7. The van der Waals surface area contributed by atoms with E-state index in [4.69, 9.17) is 4.74 Å². The van der Waals surface area contributed by atoms with E-state index in [-0.39, 0.29) is 5.41 Å². The van der Waals surface area contributed by atoms with Crippen LogP contribution in [0.5, 0.6) is 0 Å². The van der Waals surface area contributed by atoms with E-state index >= 15 is 0 Å². The Morgan fingerprint density at radius 2 is 2.32 bits per heavy atom. The zero-order chi connectivity index (χ0) is 15.6. The van der Waals surface area contributed by atoms with Crippen LogP contribution in [0.4, 0.5) is 0 Å². The minimum absolute atomic E-state index is 0.247. The number of likely N-dealkylation sites (tertiary alicyclic amines) is 1. The van der Waals surface area contributed by atoms with E-state index in [9.17, 15) is 4.79 Å². The van der Waals surface area contributed by atoms with E-state index in [1.165, 1.54) is 0 Å². The Kier molecular flexibility index (Phi) is 4.52. The van der Waals surface area contributed by atoms with Crippen LogP contribution in [0.3, 0.4) is 0 Å². The van der Waals surface area contributed by atoms with E-state index in [1.807, 2.05) is 24.1 Å². The number of methoxy groups -OCH3 is 1. The van der Waals surface area contributed by atoms with Crippen molar-refractivity contribution in [3.63, 3.8) is 0 Å². The van der Waals surface area contributed by atoms with E-state index < -0.39 is 0 Å². The smallest absolute Gasteiger partial charge is 0.222 e. The Bertz CT molecular complexity index is 502. The fraction of sp³-hybridized carbons (Fsp3) is 0.765. The van der Waals surface area contributed by atoms with Crippen molar-refractivity contribution in [2.45, 2.75) is 64.1 Å². The molecule has 1 saturated carbocycles. The third-order valence-corrected chi connectivity index (χ3v) is 5.55. The van der Waals surface area contributed by atoms with E-state index in [2.05, 4.69) is 16.9 Å². The summed E-state index contributed by atoms with van der Waals surface area (Å²) in [5.74, 6) is 0.316. The first kappa shape index (κ1) is 15.5. The molecule has 3 atom stereocenters. The molecule has 1 saturated heterocycles. The summed E-state index contributed by atoms with van der Waals surface area (Å²) in [5.41, 5.74) is 0.247. The van der Waals surface area contributed by atoms with Crippen LogP contribution in [0.15, 0.2) is 18.5 Å². The molecule has 5 nitrogen and oxygen atoms in total. The summed E-state index contributed by atoms with van der Waals surface area (Å²) < 4.78 is 7.45. The number of carbonyl (C=O) groups is 1. The molecule has 22 heavy (non-hydrogen) atoms. The molecule has 1 aromatic rings. The molecule has 2 aliphatic rings. The molecule has 3 rings (SSSR count). The number of ether oxygens (including phenoxy) is 1. The van der Waals surface area contributed by atoms with Crippen LogP contribution in [0.1, 0.15) is 45.4 Å². The third-order valence-electron chi connectivity index (χ3n) is 5.55. The first-order valence-electron chi connectivity index (χ1n) is 8.42. The topological polar surface area (TPSA) is 47.4 Å². The van der Waals surface area contributed by atoms with Gasteiger partial charge in [-0.25, -0.2) is 0 Å². The number of nitrogens with zero attached hydrogens (tertiary/aromatic N) is 3. The largest absolute Gasteiger partial charge is 0.381 e. The summed E-state index contributed by atoms with van der Waals surface area (Å²) in [5, 5.41) is 4.18. The number of hydrogen-bond acceptors (Lipinski definition) is 3. The van der Waals surface area contributed by atoms with Gasteiger partial charge in [-0.3, -0.25) is 9.48 Å². The summed E-state index contributed by atoms with van der Waals surface area (Å²) >= 11 is 0. The van der Waals surface area contributed by atoms with Gasteiger partial charge in [0.2, 0.25) is 5.91 Å². The van der Waals surface area contributed by atoms with Crippen LogP contribution in [0.2, 0.25) is 0 Å². The normalized spacial score (nSPS) is 31.3. The van der Waals surface area contributed by atoms with Crippen LogP contribution in [-0.2, 0) is 16.1 Å². The summed E-state index contributed by atoms with van der Waals surface area (Å²) in [6.07, 6.45) is 9.95. The van der Waals surface area contributed by atoms with Gasteiger partial charge in [0.1, 0.15) is 0 Å². The highest BCUT2D eigenvalue weighted by Crippen LogP contribution is 2.47. The van der Waals surface area contributed by atoms with Gasteiger partial charge < -0.3 is 9.64 Å². The van der Waals surface area contributed by atoms with Crippen LogP contribution in [0.25, 0.3) is 0 Å². The highest BCUT2D eigenvalue weighted by molar-refractivity contribution is 5.77. The summed E-state index contributed by atoms with van der Waals surface area (Å²) in [7, 11) is 1.81. The molecule has 1 aromatic heterocycles. The SMILES string of the molecule is CO[C@@H]1CC[C@H]2N(C(=O)CCCn3cccn3)CC[C@@]2(C)C1. The van der Waals surface area contributed by atoms with Crippen molar-refractivity contribution in [1.29, 1.82) is 0 Å². The predicted octanol–water partition coefficient (Wildman–Crippen LogP) is 2.47. The minimum atomic E-state index is 0.247. The zero-order valence-corrected chi connectivity index (χ0v) is 13.7. The van der Waals surface area contributed by atoms with Gasteiger partial charge in [-0.1, -0.05) is 6.92 Å². The molecule has 1 aliphatic carbocycles. The number of aromatic nitrogens is 2. The van der Waals surface area contributed by atoms with Gasteiger partial charge in [-0.2, -0.15) is 5.10 Å². The van der Waals surface area contributed by atoms with Crippen molar-refractivity contribution in [3.8, 4) is 0 Å². The molecule has 1 aliphatic heterocycles. The molecule has 0 unspecified atom stereocenters. The van der Waals surface area contributed by atoms with Gasteiger partial charge in [0.05, 0.1) is 6.10 Å². The van der Waals surface area contributed by atoms with E-state index in [1.54, 1.807) is 6.20 Å². The number of rotatable bonds is 5. The lowest BCUT2D eigenvalue weighted by Crippen LogP contribution is -2.46. The second-order valence-corrected chi connectivity index (χ2v) is 7.02. The molecule has 2 heterocycles. The lowest BCUT2D eigenvalue weighted by atomic mass is 9.71. The Hall–Kier alpha value is -1.36. The van der Waals surface area contributed by atoms with Crippen LogP contribution in [-0.4, -0.2) is 46.4 Å². The Balaban J connectivity index is 1.53. The van der Waals surface area contributed by atoms with Crippen molar-refractivity contribution in [1.82, 2.24) is 14.7 Å². The lowest BCUT2D eigenvalue weighted by Gasteiger charge is -2.42. The van der Waals surface area contributed by atoms with Gasteiger partial charge in [-0.15, -0.1) is 0 Å². The predicted molar refractivity (Wildman–Crippen MR) is 84.3 cm³/mol. The van der Waals surface area contributed by atoms with Crippen molar-refractivity contribution in [2.24, 2.45) is 5.41 Å². The van der Waals surface area contributed by atoms with Gasteiger partial charge in [-0.05, 0) is 43.6 Å². The van der Waals surface area contributed by atoms with Gasteiger partial charge in [0.25, 0.3) is 0 Å². The molecule has 1 amide bonds. The number of amides is 1. The van der Waals surface area contributed by atoms with Crippen molar-refractivity contribution in [3.05, 3.63) is 18.5 Å². The fourth-order valence-electron chi connectivity index (χ4n) is 4.25. The Morgan fingerprint density at radius 3 is 3.05 bits per heavy atom. The number of aryl methyl sites for hydroxylation is 1. The number of carbonyl (C=O) groups excluding carboxylic acids is 1. The third kappa shape index (κ3) is 3.05. The molecule has 0 spiro atoms. The van der Waals surface area contributed by atoms with Crippen LogP contribution in [0, 0.1) is 5.41 Å². The average Bonchev–Trinajstić information content (AvgIpc) is 3.13. The molecule has 0 bridgehead atoms. The Labute approximate surface area is 132 Å². The van der Waals surface area contributed by atoms with Crippen molar-refractivity contribution >= 4 is 5.91 Å². The van der Waals surface area contributed by atoms with Crippen LogP contribution < -0.4 is 0 Å². The second kappa shape index (κ2) is 6.41. The van der Waals surface area contributed by atoms with Crippen molar-refractivity contribution in [2.75, 3.05) is 13.7 Å². The first-order valence-corrected chi connectivity index (χ1v) is 8.42. The molecule has 5 heteroatoms. The summed E-state index contributed by atoms with van der Waals surface area (Å²) in [6, 6.07) is 2.33. The molecule has 0 N–H and O–H groups in total. The highest BCUT2D eigenvalue weighted by Gasteiger charge is 2.48. The molecular formula is C17H27N3O2. The minimum Gasteiger partial charge on any atom is -0.381 e. The van der Waals surface area contributed by atoms with Crippen LogP contribution >= 0.6 is 0 Å². The molecule has 0 radical (unpaired) electrons. The Morgan fingerprint density at radius 1 is 1.45 bits per heavy atom. The monoisotopic (exact) mass is 305 g/mol. The maximum atomic E-state index is 12.6. The summed E-state index contributed by atoms with van der Waals surface area (Å²) in [6.45, 7) is 4.07. The second-order valence-electron chi connectivity index (χ2n) is 7.02. The fourth-order valence-corrected chi connectivity index (χ4v) is 4.25. The highest BCUT2D eigenvalue weighted by atomic mass is 16.5. The van der Waals surface area contributed by atoms with E-state index in [0.717, 1.165) is 45.2 Å². The molecule has 2 fully saturated rings. The van der Waals surface area contributed by atoms with Crippen molar-refractivity contribution < 1.29 is 9.53 Å². The number of hydrogen-bond donors (Lipinski definition) is 0. The molecular weight excluding hydrogens is 278 g/mol. The molecule has 0 aromatic carbocycles. The zero-order valence-electron chi connectivity index (χ0n) is 13.7. The molecule has 122 valence electrons. The maximum Gasteiger partial charge on any atom is 0.222 e. The van der Waals surface area contributed by atoms with E-state index in [0.29, 0.717) is 24.5 Å². The first-order chi connectivity index (χ1) is 10.6. The average molecular weight is 305 g/mol. The lowest BCUT2D eigenvalue weighted by molar-refractivity contribution is -0.134. The van der Waals surface area contributed by atoms with Gasteiger partial charge in [0, 0.05) is 45.1 Å². The van der Waals surface area contributed by atoms with Gasteiger partial charge >= 0.3 is 0 Å². The standard InChI is InChI=1S/C17H27N3O2/c1-17-8-12-20(15(17)7-6-14(13-17)22-2)16(21)5-3-10-19-11-4-9-18-19/h4,9,11,14-15H,3,5-8,10,12-13H2,1-2H3/t14-,15-,17+/m1/s1. The van der Waals surface area contributed by atoms with Gasteiger partial charge in [0.15, 0.2) is 0 Å². The number of fused-ring (bicyclic) bond motifs is 1.